The Labute approximate surface area is 131 Å². The second-order valence-electron chi connectivity index (χ2n) is 4.82. The number of hydrogen-bond donors (Lipinski definition) is 1. The lowest BCUT2D eigenvalue weighted by atomic mass is 10.1. The van der Waals surface area contributed by atoms with Crippen molar-refractivity contribution in [3.63, 3.8) is 0 Å². The minimum atomic E-state index is -0.0913. The SMILES string of the molecule is COc1cc2c3c(cnc2c(Cl)c1Cl)CN(C(=O)CN)C3. The molecule has 2 heterocycles. The molecule has 1 aliphatic heterocycles. The van der Waals surface area contributed by atoms with Gasteiger partial charge in [-0.15, -0.1) is 0 Å². The molecule has 0 unspecified atom stereocenters. The van der Waals surface area contributed by atoms with Crippen molar-refractivity contribution in [2.45, 2.75) is 13.1 Å². The van der Waals surface area contributed by atoms with Crippen LogP contribution < -0.4 is 10.5 Å². The molecular formula is C14H13Cl2N3O2. The fourth-order valence-corrected chi connectivity index (χ4v) is 3.04. The van der Waals surface area contributed by atoms with Crippen LogP contribution in [0.15, 0.2) is 12.3 Å². The topological polar surface area (TPSA) is 68.5 Å². The van der Waals surface area contributed by atoms with Gasteiger partial charge in [0.25, 0.3) is 0 Å². The van der Waals surface area contributed by atoms with Gasteiger partial charge in [0, 0.05) is 24.7 Å². The molecule has 7 heteroatoms. The first-order valence-corrected chi connectivity index (χ1v) is 7.12. The van der Waals surface area contributed by atoms with E-state index in [1.165, 1.54) is 7.11 Å². The van der Waals surface area contributed by atoms with Gasteiger partial charge in [0.1, 0.15) is 10.8 Å². The number of hydrogen-bond acceptors (Lipinski definition) is 4. The second-order valence-corrected chi connectivity index (χ2v) is 5.57. The van der Waals surface area contributed by atoms with Crippen LogP contribution in [0.1, 0.15) is 11.1 Å². The van der Waals surface area contributed by atoms with Gasteiger partial charge in [-0.05, 0) is 17.2 Å². The lowest BCUT2D eigenvalue weighted by molar-refractivity contribution is -0.130. The number of nitrogens with zero attached hydrogens (tertiary/aromatic N) is 2. The van der Waals surface area contributed by atoms with Crippen LogP contribution in [0.3, 0.4) is 0 Å². The summed E-state index contributed by atoms with van der Waals surface area (Å²) in [5.74, 6) is 0.402. The highest BCUT2D eigenvalue weighted by atomic mass is 35.5. The number of nitrogens with two attached hydrogens (primary N) is 1. The quantitative estimate of drug-likeness (QED) is 0.920. The third-order valence-corrected chi connectivity index (χ3v) is 4.51. The Morgan fingerprint density at radius 2 is 2.19 bits per heavy atom. The summed E-state index contributed by atoms with van der Waals surface area (Å²) in [5.41, 5.74) is 8.04. The Morgan fingerprint density at radius 3 is 2.86 bits per heavy atom. The molecule has 0 atom stereocenters. The molecule has 1 aromatic carbocycles. The summed E-state index contributed by atoms with van der Waals surface area (Å²) in [4.78, 5) is 17.8. The molecule has 0 saturated carbocycles. The zero-order valence-electron chi connectivity index (χ0n) is 11.3. The van der Waals surface area contributed by atoms with Crippen LogP contribution in [0.5, 0.6) is 5.75 Å². The van der Waals surface area contributed by atoms with E-state index in [2.05, 4.69) is 4.98 Å². The lowest BCUT2D eigenvalue weighted by Gasteiger charge is -2.13. The van der Waals surface area contributed by atoms with Crippen molar-refractivity contribution in [1.82, 2.24) is 9.88 Å². The summed E-state index contributed by atoms with van der Waals surface area (Å²) in [6.45, 7) is 0.998. The maximum atomic E-state index is 11.8. The summed E-state index contributed by atoms with van der Waals surface area (Å²) in [5, 5.41) is 1.55. The first-order chi connectivity index (χ1) is 10.1. The number of ether oxygens (including phenoxy) is 1. The van der Waals surface area contributed by atoms with Gasteiger partial charge in [-0.25, -0.2) is 0 Å². The smallest absolute Gasteiger partial charge is 0.236 e. The zero-order chi connectivity index (χ0) is 15.1. The van der Waals surface area contributed by atoms with Crippen molar-refractivity contribution in [2.75, 3.05) is 13.7 Å². The molecule has 1 amide bonds. The van der Waals surface area contributed by atoms with Crippen molar-refractivity contribution in [3.8, 4) is 5.75 Å². The number of carbonyl (C=O) groups is 1. The van der Waals surface area contributed by atoms with Gasteiger partial charge in [-0.3, -0.25) is 9.78 Å². The molecule has 2 aromatic rings. The summed E-state index contributed by atoms with van der Waals surface area (Å²) in [6, 6.07) is 1.81. The Bertz CT molecular complexity index is 749. The Hall–Kier alpha value is -1.56. The van der Waals surface area contributed by atoms with Gasteiger partial charge >= 0.3 is 0 Å². The first kappa shape index (κ1) is 14.4. The number of rotatable bonds is 2. The minimum absolute atomic E-state index is 0.00471. The summed E-state index contributed by atoms with van der Waals surface area (Å²) >= 11 is 12.4. The van der Waals surface area contributed by atoms with Crippen LogP contribution in [0, 0.1) is 0 Å². The number of benzene rings is 1. The Balaban J connectivity index is 2.18. The van der Waals surface area contributed by atoms with Crippen LogP contribution >= 0.6 is 23.2 Å². The maximum absolute atomic E-state index is 11.8. The van der Waals surface area contributed by atoms with Crippen molar-refractivity contribution in [2.24, 2.45) is 5.73 Å². The van der Waals surface area contributed by atoms with Crippen molar-refractivity contribution in [3.05, 3.63) is 33.4 Å². The van der Waals surface area contributed by atoms with E-state index in [4.69, 9.17) is 33.7 Å². The monoisotopic (exact) mass is 325 g/mol. The molecule has 5 nitrogen and oxygen atoms in total. The average Bonchev–Trinajstić information content (AvgIpc) is 2.94. The van der Waals surface area contributed by atoms with Crippen LogP contribution in [-0.4, -0.2) is 29.4 Å². The Kier molecular flexibility index (Phi) is 3.65. The number of fused-ring (bicyclic) bond motifs is 3. The molecule has 0 fully saturated rings. The van der Waals surface area contributed by atoms with Gasteiger partial charge in [-0.1, -0.05) is 23.2 Å². The zero-order valence-corrected chi connectivity index (χ0v) is 12.8. The van der Waals surface area contributed by atoms with E-state index in [9.17, 15) is 4.79 Å². The van der Waals surface area contributed by atoms with Crippen molar-refractivity contribution >= 4 is 40.0 Å². The second kappa shape index (κ2) is 5.33. The Morgan fingerprint density at radius 1 is 1.43 bits per heavy atom. The van der Waals surface area contributed by atoms with Gasteiger partial charge in [0.15, 0.2) is 0 Å². The molecule has 0 bridgehead atoms. The number of halogens is 2. The van der Waals surface area contributed by atoms with Crippen LogP contribution in [0.25, 0.3) is 10.9 Å². The fraction of sp³-hybridized carbons (Fsp3) is 0.286. The predicted molar refractivity (Wildman–Crippen MR) is 81.6 cm³/mol. The summed E-state index contributed by atoms with van der Waals surface area (Å²) in [7, 11) is 1.53. The van der Waals surface area contributed by atoms with Gasteiger partial charge < -0.3 is 15.4 Å². The molecule has 2 N–H and O–H groups in total. The molecule has 3 rings (SSSR count). The van der Waals surface area contributed by atoms with E-state index < -0.39 is 0 Å². The van der Waals surface area contributed by atoms with Crippen molar-refractivity contribution < 1.29 is 9.53 Å². The highest BCUT2D eigenvalue weighted by Gasteiger charge is 2.26. The molecule has 1 aromatic heterocycles. The first-order valence-electron chi connectivity index (χ1n) is 6.37. The number of amides is 1. The molecule has 110 valence electrons. The third kappa shape index (κ3) is 2.21. The highest BCUT2D eigenvalue weighted by molar-refractivity contribution is 6.46. The third-order valence-electron chi connectivity index (χ3n) is 3.67. The van der Waals surface area contributed by atoms with Crippen LogP contribution in [-0.2, 0) is 17.9 Å². The fourth-order valence-electron chi connectivity index (χ4n) is 2.57. The molecular weight excluding hydrogens is 313 g/mol. The highest BCUT2D eigenvalue weighted by Crippen LogP contribution is 2.40. The van der Waals surface area contributed by atoms with E-state index in [1.807, 2.05) is 6.07 Å². The lowest BCUT2D eigenvalue weighted by Crippen LogP contribution is -2.31. The standard InChI is InChI=1S/C14H13Cl2N3O2/c1-21-10-2-8-9-6-19(11(20)3-17)5-7(9)4-18-14(8)13(16)12(10)15/h2,4H,3,5-6,17H2,1H3. The number of aromatic nitrogens is 1. The number of carbonyl (C=O) groups excluding carboxylic acids is 1. The normalized spacial score (nSPS) is 13.6. The van der Waals surface area contributed by atoms with Crippen LogP contribution in [0.2, 0.25) is 10.0 Å². The van der Waals surface area contributed by atoms with E-state index in [0.29, 0.717) is 34.4 Å². The van der Waals surface area contributed by atoms with Gasteiger partial charge in [-0.2, -0.15) is 0 Å². The predicted octanol–water partition coefficient (Wildman–Crippen LogP) is 2.35. The van der Waals surface area contributed by atoms with E-state index in [0.717, 1.165) is 16.5 Å². The summed E-state index contributed by atoms with van der Waals surface area (Å²) in [6.07, 6.45) is 1.73. The molecule has 0 radical (unpaired) electrons. The van der Waals surface area contributed by atoms with Crippen LogP contribution in [0.4, 0.5) is 0 Å². The molecule has 0 aliphatic carbocycles. The van der Waals surface area contributed by atoms with Crippen molar-refractivity contribution in [1.29, 1.82) is 0 Å². The molecule has 1 aliphatic rings. The van der Waals surface area contributed by atoms with E-state index >= 15 is 0 Å². The molecule has 21 heavy (non-hydrogen) atoms. The summed E-state index contributed by atoms with van der Waals surface area (Å²) < 4.78 is 5.24. The van der Waals surface area contributed by atoms with E-state index in [1.54, 1.807) is 11.1 Å². The number of pyridine rings is 1. The molecule has 0 spiro atoms. The largest absolute Gasteiger partial charge is 0.495 e. The van der Waals surface area contributed by atoms with Gasteiger partial charge in [0.05, 0.1) is 24.2 Å². The average molecular weight is 326 g/mol. The number of methoxy groups -OCH3 is 1. The maximum Gasteiger partial charge on any atom is 0.236 e. The minimum Gasteiger partial charge on any atom is -0.495 e. The van der Waals surface area contributed by atoms with E-state index in [-0.39, 0.29) is 12.5 Å². The van der Waals surface area contributed by atoms with Gasteiger partial charge in [0.2, 0.25) is 5.91 Å². The molecule has 0 saturated heterocycles.